The summed E-state index contributed by atoms with van der Waals surface area (Å²) in [6.07, 6.45) is 6.00. The fraction of sp³-hybridized carbons (Fsp3) is 0.429. The number of fused-ring (bicyclic) bond motifs is 1. The maximum Gasteiger partial charge on any atom is 0.111 e. The number of rotatable bonds is 0. The van der Waals surface area contributed by atoms with Gasteiger partial charge in [-0.05, 0) is 6.42 Å². The van der Waals surface area contributed by atoms with Gasteiger partial charge in [0.05, 0.1) is 0 Å². The van der Waals surface area contributed by atoms with Crippen LogP contribution in [0, 0.1) is 0 Å². The molecular formula is C7H10Si. The van der Waals surface area contributed by atoms with Crippen molar-refractivity contribution in [2.75, 3.05) is 0 Å². The average molecular weight is 122 g/mol. The van der Waals surface area contributed by atoms with Crippen molar-refractivity contribution in [1.29, 1.82) is 0 Å². The third kappa shape index (κ3) is 0.324. The summed E-state index contributed by atoms with van der Waals surface area (Å²) in [5.41, 5.74) is 0. The molecule has 0 aromatic carbocycles. The maximum absolute atomic E-state index is 2.42. The molecule has 0 amide bonds. The fourth-order valence-corrected chi connectivity index (χ4v) is 4.82. The zero-order valence-corrected chi connectivity index (χ0v) is 6.36. The van der Waals surface area contributed by atoms with Crippen LogP contribution in [-0.2, 0) is 0 Å². The molecule has 0 saturated carbocycles. The molecule has 2 aliphatic rings. The largest absolute Gasteiger partial charge is 0.111 e. The first-order valence-corrected chi connectivity index (χ1v) is 6.14. The molecule has 1 saturated heterocycles. The van der Waals surface area contributed by atoms with Crippen LogP contribution in [0.15, 0.2) is 22.5 Å². The molecule has 1 fully saturated rings. The highest BCUT2D eigenvalue weighted by molar-refractivity contribution is 7.05. The van der Waals surface area contributed by atoms with Crippen molar-refractivity contribution in [2.45, 2.75) is 19.5 Å². The average Bonchev–Trinajstić information content (AvgIpc) is 2.22. The van der Waals surface area contributed by atoms with Crippen LogP contribution in [0.2, 0.25) is 13.1 Å². The van der Waals surface area contributed by atoms with Crippen molar-refractivity contribution < 1.29 is 0 Å². The van der Waals surface area contributed by atoms with Crippen LogP contribution in [0.3, 0.4) is 0 Å². The van der Waals surface area contributed by atoms with Crippen molar-refractivity contribution >= 4 is 8.07 Å². The molecule has 0 radical (unpaired) electrons. The van der Waals surface area contributed by atoms with Crippen molar-refractivity contribution in [3.8, 4) is 0 Å². The third-order valence-electron chi connectivity index (χ3n) is 2.22. The molecule has 2 rings (SSSR count). The van der Waals surface area contributed by atoms with Crippen molar-refractivity contribution in [2.24, 2.45) is 0 Å². The van der Waals surface area contributed by atoms with Gasteiger partial charge in [0.1, 0.15) is 8.07 Å². The smallest absolute Gasteiger partial charge is 0.0812 e. The van der Waals surface area contributed by atoms with Gasteiger partial charge in [-0.15, -0.1) is 0 Å². The van der Waals surface area contributed by atoms with Gasteiger partial charge in [0.2, 0.25) is 0 Å². The van der Waals surface area contributed by atoms with Gasteiger partial charge in [-0.2, -0.15) is 0 Å². The molecule has 8 heavy (non-hydrogen) atoms. The Morgan fingerprint density at radius 2 is 1.75 bits per heavy atom. The zero-order chi connectivity index (χ0) is 5.78. The molecule has 1 heterocycles. The monoisotopic (exact) mass is 122 g/mol. The Kier molecular flexibility index (Phi) is 0.574. The van der Waals surface area contributed by atoms with Gasteiger partial charge in [0.15, 0.2) is 0 Å². The summed E-state index contributed by atoms with van der Waals surface area (Å²) in [7, 11) is -0.785. The second kappa shape index (κ2) is 1.01. The topological polar surface area (TPSA) is 0 Å². The Morgan fingerprint density at radius 1 is 1.25 bits per heavy atom. The fourth-order valence-electron chi connectivity index (χ4n) is 1.55. The van der Waals surface area contributed by atoms with E-state index in [2.05, 4.69) is 25.2 Å². The zero-order valence-electron chi connectivity index (χ0n) is 5.36. The molecule has 42 valence electrons. The van der Waals surface area contributed by atoms with Crippen molar-refractivity contribution in [1.82, 2.24) is 0 Å². The summed E-state index contributed by atoms with van der Waals surface area (Å²) in [4.78, 5) is 0. The van der Waals surface area contributed by atoms with Gasteiger partial charge in [-0.3, -0.25) is 0 Å². The first kappa shape index (κ1) is 4.56. The SMILES string of the molecule is C[Si]1(C)C2=CCC=C21. The molecule has 1 aliphatic heterocycles. The minimum Gasteiger partial charge on any atom is -0.0812 e. The normalized spacial score (nSPS) is 28.8. The molecule has 0 N–H and O–H groups in total. The van der Waals surface area contributed by atoms with Crippen LogP contribution in [0.5, 0.6) is 0 Å². The summed E-state index contributed by atoms with van der Waals surface area (Å²) >= 11 is 0. The Labute approximate surface area is 50.9 Å². The van der Waals surface area contributed by atoms with E-state index in [1.54, 1.807) is 10.4 Å². The summed E-state index contributed by atoms with van der Waals surface area (Å²) in [6, 6.07) is 0. The maximum atomic E-state index is 2.42. The predicted octanol–water partition coefficient (Wildman–Crippen LogP) is 2.04. The number of hydrogen-bond donors (Lipinski definition) is 0. The second-order valence-electron chi connectivity index (χ2n) is 3.10. The van der Waals surface area contributed by atoms with E-state index in [1.807, 2.05) is 0 Å². The predicted molar refractivity (Wildman–Crippen MR) is 38.3 cm³/mol. The Hall–Kier alpha value is -0.303. The third-order valence-corrected chi connectivity index (χ3v) is 5.61. The quantitative estimate of drug-likeness (QED) is 0.431. The number of allylic oxidation sites excluding steroid dienone is 4. The molecule has 0 bridgehead atoms. The van der Waals surface area contributed by atoms with E-state index in [0.29, 0.717) is 0 Å². The minimum absolute atomic E-state index is 0.785. The molecular weight excluding hydrogens is 112 g/mol. The van der Waals surface area contributed by atoms with Crippen LogP contribution in [0.25, 0.3) is 0 Å². The van der Waals surface area contributed by atoms with Crippen molar-refractivity contribution in [3.63, 3.8) is 0 Å². The summed E-state index contributed by atoms with van der Waals surface area (Å²) < 4.78 is 0. The van der Waals surface area contributed by atoms with Gasteiger partial charge >= 0.3 is 0 Å². The van der Waals surface area contributed by atoms with Crippen molar-refractivity contribution in [3.05, 3.63) is 22.5 Å². The summed E-state index contributed by atoms with van der Waals surface area (Å²) in [6.45, 7) is 4.84. The summed E-state index contributed by atoms with van der Waals surface area (Å²) in [5, 5.41) is 3.47. The van der Waals surface area contributed by atoms with E-state index in [1.165, 1.54) is 6.42 Å². The first-order chi connectivity index (χ1) is 3.73. The lowest BCUT2D eigenvalue weighted by Gasteiger charge is -1.90. The van der Waals surface area contributed by atoms with E-state index >= 15 is 0 Å². The highest BCUT2D eigenvalue weighted by atomic mass is 28.3. The molecule has 0 aromatic rings. The van der Waals surface area contributed by atoms with Gasteiger partial charge < -0.3 is 0 Å². The second-order valence-corrected chi connectivity index (χ2v) is 7.42. The minimum atomic E-state index is -0.785. The Morgan fingerprint density at radius 3 is 2.00 bits per heavy atom. The lowest BCUT2D eigenvalue weighted by atomic mass is 10.5. The van der Waals surface area contributed by atoms with E-state index in [9.17, 15) is 0 Å². The molecule has 0 spiro atoms. The van der Waals surface area contributed by atoms with Gasteiger partial charge in [0, 0.05) is 0 Å². The van der Waals surface area contributed by atoms with Crippen LogP contribution in [0.4, 0.5) is 0 Å². The molecule has 0 nitrogen and oxygen atoms in total. The van der Waals surface area contributed by atoms with Gasteiger partial charge in [-0.25, -0.2) is 0 Å². The molecule has 0 aromatic heterocycles. The molecule has 0 unspecified atom stereocenters. The van der Waals surface area contributed by atoms with Crippen LogP contribution in [-0.4, -0.2) is 8.07 Å². The highest BCUT2D eigenvalue weighted by Gasteiger charge is 2.49. The summed E-state index contributed by atoms with van der Waals surface area (Å²) in [5.74, 6) is 0. The number of hydrogen-bond acceptors (Lipinski definition) is 0. The van der Waals surface area contributed by atoms with Crippen LogP contribution in [0.1, 0.15) is 6.42 Å². The van der Waals surface area contributed by atoms with Crippen LogP contribution >= 0.6 is 0 Å². The first-order valence-electron chi connectivity index (χ1n) is 3.14. The van der Waals surface area contributed by atoms with E-state index in [0.717, 1.165) is 0 Å². The Bertz CT molecular complexity index is 176. The molecule has 1 aliphatic carbocycles. The standard InChI is InChI=1S/C7H10Si/c1-8(2)6-4-3-5-7(6)8/h4-5H,3H2,1-2H3. The lowest BCUT2D eigenvalue weighted by molar-refractivity contribution is 1.43. The molecule has 0 atom stereocenters. The van der Waals surface area contributed by atoms with Gasteiger partial charge in [0.25, 0.3) is 0 Å². The Balaban J connectivity index is 2.48. The molecule has 1 heteroatoms. The van der Waals surface area contributed by atoms with Gasteiger partial charge in [-0.1, -0.05) is 35.6 Å². The highest BCUT2D eigenvalue weighted by Crippen LogP contribution is 2.50. The van der Waals surface area contributed by atoms with E-state index < -0.39 is 8.07 Å². The van der Waals surface area contributed by atoms with Crippen LogP contribution < -0.4 is 0 Å². The van der Waals surface area contributed by atoms with E-state index in [-0.39, 0.29) is 0 Å². The van der Waals surface area contributed by atoms with E-state index in [4.69, 9.17) is 0 Å². The lowest BCUT2D eigenvalue weighted by Crippen LogP contribution is -2.01.